The lowest BCUT2D eigenvalue weighted by atomic mass is 10.1. The Kier molecular flexibility index (Phi) is 9.23. The summed E-state index contributed by atoms with van der Waals surface area (Å²) in [4.78, 5) is 30.8. The molecule has 0 bridgehead atoms. The number of rotatable bonds is 9. The maximum absolute atomic E-state index is 13.5. The third-order valence-electron chi connectivity index (χ3n) is 7.36. The largest absolute Gasteiger partial charge is 0.495 e. The number of nitrogens with one attached hydrogen (secondary N) is 3. The van der Waals surface area contributed by atoms with E-state index >= 15 is 0 Å². The number of carbonyl (C=O) groups excluding carboxylic acids is 2. The van der Waals surface area contributed by atoms with Gasteiger partial charge in [0.2, 0.25) is 0 Å². The highest BCUT2D eigenvalue weighted by atomic mass is 16.5. The van der Waals surface area contributed by atoms with E-state index in [1.165, 1.54) is 0 Å². The highest BCUT2D eigenvalue weighted by Crippen LogP contribution is 2.31. The van der Waals surface area contributed by atoms with Gasteiger partial charge in [0.05, 0.1) is 18.4 Å². The lowest BCUT2D eigenvalue weighted by molar-refractivity contribution is 0.0954. The summed E-state index contributed by atoms with van der Waals surface area (Å²) in [5.41, 5.74) is 5.91. The van der Waals surface area contributed by atoms with Gasteiger partial charge >= 0.3 is 6.03 Å². The molecule has 4 aromatic rings. The number of hydrogen-bond acceptors (Lipinski definition) is 5. The molecule has 8 heteroatoms. The monoisotopic (exact) mass is 563 g/mol. The van der Waals surface area contributed by atoms with Crippen LogP contribution in [0.2, 0.25) is 0 Å². The standard InChI is InChI=1S/C34H37N5O3/c1-25-9-8-12-27(23-25)36-34(41)37-28-15-16-30(29(24-28)33(40)35-18-17-26-10-4-3-5-11-26)38-19-21-39(22-20-38)31-13-6-7-14-32(31)42-2/h3-16,23-24H,17-22H2,1-2H3,(H,35,40)(H2,36,37,41). The van der Waals surface area contributed by atoms with E-state index in [0.717, 1.165) is 60.9 Å². The zero-order valence-electron chi connectivity index (χ0n) is 24.1. The van der Waals surface area contributed by atoms with Crippen LogP contribution in [0.5, 0.6) is 5.75 Å². The molecule has 1 heterocycles. The fourth-order valence-corrected chi connectivity index (χ4v) is 5.23. The Morgan fingerprint density at radius 3 is 2.12 bits per heavy atom. The molecule has 8 nitrogen and oxygen atoms in total. The van der Waals surface area contributed by atoms with Crippen LogP contribution in [0.4, 0.5) is 27.5 Å². The zero-order valence-corrected chi connectivity index (χ0v) is 24.1. The number of nitrogens with zero attached hydrogens (tertiary/aromatic N) is 2. The van der Waals surface area contributed by atoms with Crippen LogP contribution in [-0.2, 0) is 6.42 Å². The Labute approximate surface area is 247 Å². The molecule has 216 valence electrons. The molecule has 1 aliphatic heterocycles. The molecule has 0 aromatic heterocycles. The molecule has 3 N–H and O–H groups in total. The summed E-state index contributed by atoms with van der Waals surface area (Å²) in [6.07, 6.45) is 0.732. The van der Waals surface area contributed by atoms with E-state index in [9.17, 15) is 9.59 Å². The van der Waals surface area contributed by atoms with Gasteiger partial charge in [0.15, 0.2) is 0 Å². The second kappa shape index (κ2) is 13.6. The number of carbonyl (C=O) groups is 2. The number of para-hydroxylation sites is 2. The van der Waals surface area contributed by atoms with Crippen LogP contribution < -0.4 is 30.5 Å². The van der Waals surface area contributed by atoms with E-state index in [0.29, 0.717) is 23.5 Å². The number of piperazine rings is 1. The Morgan fingerprint density at radius 1 is 0.738 bits per heavy atom. The summed E-state index contributed by atoms with van der Waals surface area (Å²) in [6.45, 7) is 5.53. The summed E-state index contributed by atoms with van der Waals surface area (Å²) in [5.74, 6) is 0.680. The van der Waals surface area contributed by atoms with Crippen molar-refractivity contribution >= 4 is 34.7 Å². The Morgan fingerprint density at radius 2 is 1.40 bits per heavy atom. The number of amides is 3. The van der Waals surface area contributed by atoms with Crippen molar-refractivity contribution in [2.75, 3.05) is 60.3 Å². The first-order valence-corrected chi connectivity index (χ1v) is 14.2. The fourth-order valence-electron chi connectivity index (χ4n) is 5.23. The number of benzene rings is 4. The molecule has 0 aliphatic carbocycles. The minimum absolute atomic E-state index is 0.171. The van der Waals surface area contributed by atoms with Crippen molar-refractivity contribution in [2.24, 2.45) is 0 Å². The number of aryl methyl sites for hydroxylation is 1. The summed E-state index contributed by atoms with van der Waals surface area (Å²) in [6, 6.07) is 30.9. The Hall–Kier alpha value is -4.98. The summed E-state index contributed by atoms with van der Waals surface area (Å²) < 4.78 is 5.57. The molecule has 5 rings (SSSR count). The Balaban J connectivity index is 1.31. The number of ether oxygens (including phenoxy) is 1. The van der Waals surface area contributed by atoms with E-state index in [2.05, 4.69) is 43.9 Å². The van der Waals surface area contributed by atoms with Crippen LogP contribution in [0, 0.1) is 6.92 Å². The first-order chi connectivity index (χ1) is 20.5. The van der Waals surface area contributed by atoms with Crippen LogP contribution in [0.25, 0.3) is 0 Å². The lowest BCUT2D eigenvalue weighted by Gasteiger charge is -2.38. The van der Waals surface area contributed by atoms with Gasteiger partial charge in [0.25, 0.3) is 5.91 Å². The lowest BCUT2D eigenvalue weighted by Crippen LogP contribution is -2.47. The third-order valence-corrected chi connectivity index (χ3v) is 7.36. The smallest absolute Gasteiger partial charge is 0.323 e. The number of anilines is 4. The highest BCUT2D eigenvalue weighted by molar-refractivity contribution is 6.04. The molecule has 0 radical (unpaired) electrons. The van der Waals surface area contributed by atoms with Crippen molar-refractivity contribution in [3.63, 3.8) is 0 Å². The molecule has 42 heavy (non-hydrogen) atoms. The first-order valence-electron chi connectivity index (χ1n) is 14.2. The fraction of sp³-hybridized carbons (Fsp3) is 0.235. The molecule has 1 saturated heterocycles. The van der Waals surface area contributed by atoms with Crippen LogP contribution in [0.1, 0.15) is 21.5 Å². The quantitative estimate of drug-likeness (QED) is 0.235. The van der Waals surface area contributed by atoms with Gasteiger partial charge in [-0.25, -0.2) is 4.79 Å². The number of urea groups is 1. The second-order valence-electron chi connectivity index (χ2n) is 10.3. The van der Waals surface area contributed by atoms with Gasteiger partial charge in [-0.05, 0) is 66.9 Å². The van der Waals surface area contributed by atoms with Crippen molar-refractivity contribution < 1.29 is 14.3 Å². The average Bonchev–Trinajstić information content (AvgIpc) is 3.01. The zero-order chi connectivity index (χ0) is 29.3. The molecule has 4 aromatic carbocycles. The summed E-state index contributed by atoms with van der Waals surface area (Å²) in [7, 11) is 1.69. The van der Waals surface area contributed by atoms with E-state index in [4.69, 9.17) is 4.74 Å². The predicted molar refractivity (Wildman–Crippen MR) is 170 cm³/mol. The van der Waals surface area contributed by atoms with Gasteiger partial charge in [0, 0.05) is 49.8 Å². The van der Waals surface area contributed by atoms with Gasteiger partial charge in [-0.3, -0.25) is 4.79 Å². The summed E-state index contributed by atoms with van der Waals surface area (Å²) in [5, 5.41) is 8.83. The maximum Gasteiger partial charge on any atom is 0.323 e. The molecule has 0 atom stereocenters. The van der Waals surface area contributed by atoms with Gasteiger partial charge in [0.1, 0.15) is 5.75 Å². The van der Waals surface area contributed by atoms with Crippen molar-refractivity contribution in [3.05, 3.63) is 114 Å². The van der Waals surface area contributed by atoms with Crippen LogP contribution >= 0.6 is 0 Å². The minimum Gasteiger partial charge on any atom is -0.495 e. The first kappa shape index (κ1) is 28.5. The molecular weight excluding hydrogens is 526 g/mol. The van der Waals surface area contributed by atoms with E-state index in [1.54, 1.807) is 13.2 Å². The second-order valence-corrected chi connectivity index (χ2v) is 10.3. The molecule has 0 unspecified atom stereocenters. The SMILES string of the molecule is COc1ccccc1N1CCN(c2ccc(NC(=O)Nc3cccc(C)c3)cc2C(=O)NCCc2ccccc2)CC1. The topological polar surface area (TPSA) is 85.9 Å². The van der Waals surface area contributed by atoms with Crippen molar-refractivity contribution in [1.29, 1.82) is 0 Å². The molecule has 1 fully saturated rings. The van der Waals surface area contributed by atoms with E-state index in [1.807, 2.05) is 79.7 Å². The molecule has 3 amide bonds. The normalized spacial score (nSPS) is 12.9. The van der Waals surface area contributed by atoms with Gasteiger partial charge in [-0.2, -0.15) is 0 Å². The predicted octanol–water partition coefficient (Wildman–Crippen LogP) is 5.95. The van der Waals surface area contributed by atoms with Crippen molar-refractivity contribution in [1.82, 2.24) is 5.32 Å². The molecular formula is C34H37N5O3. The van der Waals surface area contributed by atoms with E-state index < -0.39 is 0 Å². The summed E-state index contributed by atoms with van der Waals surface area (Å²) >= 11 is 0. The molecule has 0 saturated carbocycles. The average molecular weight is 564 g/mol. The Bertz CT molecular complexity index is 1520. The molecule has 0 spiro atoms. The minimum atomic E-state index is -0.366. The third kappa shape index (κ3) is 7.20. The number of methoxy groups -OCH3 is 1. The van der Waals surface area contributed by atoms with Crippen molar-refractivity contribution in [3.8, 4) is 5.75 Å². The van der Waals surface area contributed by atoms with Gasteiger partial charge < -0.3 is 30.5 Å². The van der Waals surface area contributed by atoms with Crippen LogP contribution in [-0.4, -0.2) is 51.8 Å². The van der Waals surface area contributed by atoms with Crippen LogP contribution in [0.15, 0.2) is 97.1 Å². The maximum atomic E-state index is 13.5. The van der Waals surface area contributed by atoms with Gasteiger partial charge in [-0.1, -0.05) is 54.6 Å². The molecule has 1 aliphatic rings. The van der Waals surface area contributed by atoms with Gasteiger partial charge in [-0.15, -0.1) is 0 Å². The van der Waals surface area contributed by atoms with Crippen LogP contribution in [0.3, 0.4) is 0 Å². The van der Waals surface area contributed by atoms with Crippen molar-refractivity contribution in [2.45, 2.75) is 13.3 Å². The van der Waals surface area contributed by atoms with E-state index in [-0.39, 0.29) is 11.9 Å². The number of hydrogen-bond donors (Lipinski definition) is 3. The highest BCUT2D eigenvalue weighted by Gasteiger charge is 2.24.